The van der Waals surface area contributed by atoms with Crippen molar-refractivity contribution in [1.29, 1.82) is 5.41 Å². The van der Waals surface area contributed by atoms with Crippen LogP contribution in [-0.2, 0) is 4.79 Å². The summed E-state index contributed by atoms with van der Waals surface area (Å²) in [4.78, 5) is 30.6. The summed E-state index contributed by atoms with van der Waals surface area (Å²) in [6, 6.07) is 0. The molecule has 22 heavy (non-hydrogen) atoms. The summed E-state index contributed by atoms with van der Waals surface area (Å²) in [6.07, 6.45) is 5.08. The van der Waals surface area contributed by atoms with Crippen LogP contribution in [0.5, 0.6) is 0 Å². The first-order valence-corrected chi connectivity index (χ1v) is 6.94. The minimum Gasteiger partial charge on any atom is -0.364 e. The number of anilines is 2. The van der Waals surface area contributed by atoms with Gasteiger partial charge in [-0.05, 0) is 25.8 Å². The molecule has 0 aromatic carbocycles. The van der Waals surface area contributed by atoms with Gasteiger partial charge in [-0.2, -0.15) is 0 Å². The molecule has 116 valence electrons. The Morgan fingerprint density at radius 3 is 2.73 bits per heavy atom. The first kappa shape index (κ1) is 16.0. The Balaban J connectivity index is 2.29. The fourth-order valence-corrected chi connectivity index (χ4v) is 2.04. The Morgan fingerprint density at radius 2 is 2.23 bits per heavy atom. The number of nitrogens with zero attached hydrogens (tertiary/aromatic N) is 2. The van der Waals surface area contributed by atoms with Crippen molar-refractivity contribution in [2.24, 2.45) is 5.73 Å². The van der Waals surface area contributed by atoms with E-state index in [2.05, 4.69) is 33.2 Å². The molecule has 1 aliphatic carbocycles. The maximum absolute atomic E-state index is 11.4. The SMILES string of the molecule is CC(=N)/C=C(\S)Nc1nc(NC2(C=O)CC2)cnc1C(N)=O. The standard InChI is InChI=1S/C13H16N6O2S/c1-7(14)4-9(22)18-12-10(11(15)21)16-5-8(17-12)19-13(6-20)2-3-13/h4-6,14,22H,2-3H2,1H3,(H2,15,21)(H2,17,18,19)/b9-4-,14-7?. The van der Waals surface area contributed by atoms with E-state index in [0.717, 1.165) is 19.1 Å². The van der Waals surface area contributed by atoms with E-state index in [9.17, 15) is 9.59 Å². The van der Waals surface area contributed by atoms with Gasteiger partial charge < -0.3 is 26.6 Å². The van der Waals surface area contributed by atoms with Crippen molar-refractivity contribution >= 4 is 42.2 Å². The smallest absolute Gasteiger partial charge is 0.271 e. The van der Waals surface area contributed by atoms with Crippen LogP contribution in [0.15, 0.2) is 17.3 Å². The van der Waals surface area contributed by atoms with Crippen LogP contribution in [0.2, 0.25) is 0 Å². The summed E-state index contributed by atoms with van der Waals surface area (Å²) in [5.41, 5.74) is 4.90. The van der Waals surface area contributed by atoms with E-state index >= 15 is 0 Å². The fraction of sp³-hybridized carbons (Fsp3) is 0.308. The molecule has 1 aliphatic rings. The molecule has 0 unspecified atom stereocenters. The van der Waals surface area contributed by atoms with Crippen molar-refractivity contribution in [3.63, 3.8) is 0 Å². The van der Waals surface area contributed by atoms with Crippen molar-refractivity contribution in [2.45, 2.75) is 25.3 Å². The predicted molar refractivity (Wildman–Crippen MR) is 86.3 cm³/mol. The Hall–Kier alpha value is -2.42. The second-order valence-corrected chi connectivity index (χ2v) is 5.54. The predicted octanol–water partition coefficient (Wildman–Crippen LogP) is 0.942. The lowest BCUT2D eigenvalue weighted by Crippen LogP contribution is -2.24. The van der Waals surface area contributed by atoms with Crippen LogP contribution in [-0.4, -0.2) is 33.4 Å². The van der Waals surface area contributed by atoms with Crippen LogP contribution >= 0.6 is 12.6 Å². The topological polar surface area (TPSA) is 134 Å². The molecule has 9 heteroatoms. The lowest BCUT2D eigenvalue weighted by molar-refractivity contribution is -0.109. The summed E-state index contributed by atoms with van der Waals surface area (Å²) in [5.74, 6) is -0.280. The first-order valence-electron chi connectivity index (χ1n) is 6.49. The average molecular weight is 320 g/mol. The minimum atomic E-state index is -0.745. The van der Waals surface area contributed by atoms with Gasteiger partial charge in [0.1, 0.15) is 12.1 Å². The van der Waals surface area contributed by atoms with Crippen LogP contribution in [0, 0.1) is 5.41 Å². The molecule has 5 N–H and O–H groups in total. The number of rotatable bonds is 7. The molecule has 0 aliphatic heterocycles. The van der Waals surface area contributed by atoms with Crippen LogP contribution in [0.3, 0.4) is 0 Å². The molecule has 1 amide bonds. The fourth-order valence-electron chi connectivity index (χ4n) is 1.74. The van der Waals surface area contributed by atoms with Gasteiger partial charge in [-0.1, -0.05) is 0 Å². The molecule has 1 heterocycles. The monoisotopic (exact) mass is 320 g/mol. The Bertz CT molecular complexity index is 668. The molecule has 0 atom stereocenters. The lowest BCUT2D eigenvalue weighted by Gasteiger charge is -2.14. The zero-order chi connectivity index (χ0) is 16.3. The normalized spacial score (nSPS) is 15.8. The molecule has 0 saturated heterocycles. The highest BCUT2D eigenvalue weighted by molar-refractivity contribution is 7.84. The molecule has 1 fully saturated rings. The number of carbonyl (C=O) groups excluding carboxylic acids is 2. The van der Waals surface area contributed by atoms with Gasteiger partial charge in [0.15, 0.2) is 11.5 Å². The Labute approximate surface area is 132 Å². The van der Waals surface area contributed by atoms with Gasteiger partial charge in [-0.15, -0.1) is 12.6 Å². The highest BCUT2D eigenvalue weighted by atomic mass is 32.1. The number of hydrogen-bond donors (Lipinski definition) is 5. The first-order chi connectivity index (χ1) is 10.3. The van der Waals surface area contributed by atoms with Crippen LogP contribution < -0.4 is 16.4 Å². The second-order valence-electron chi connectivity index (χ2n) is 5.05. The summed E-state index contributed by atoms with van der Waals surface area (Å²) in [5, 5.41) is 13.4. The minimum absolute atomic E-state index is 0.0518. The summed E-state index contributed by atoms with van der Waals surface area (Å²) in [6.45, 7) is 1.58. The molecule has 1 aromatic rings. The number of carbonyl (C=O) groups is 2. The number of aldehydes is 1. The molecular formula is C13H16N6O2S. The van der Waals surface area contributed by atoms with E-state index in [0.29, 0.717) is 10.8 Å². The van der Waals surface area contributed by atoms with E-state index < -0.39 is 11.4 Å². The third-order valence-electron chi connectivity index (χ3n) is 3.00. The van der Waals surface area contributed by atoms with Crippen molar-refractivity contribution < 1.29 is 9.59 Å². The van der Waals surface area contributed by atoms with Crippen LogP contribution in [0.1, 0.15) is 30.3 Å². The van der Waals surface area contributed by atoms with E-state index in [4.69, 9.17) is 11.1 Å². The Kier molecular flexibility index (Phi) is 4.45. The number of primary amides is 1. The van der Waals surface area contributed by atoms with Gasteiger partial charge in [0.25, 0.3) is 5.91 Å². The molecule has 0 bridgehead atoms. The third kappa shape index (κ3) is 3.82. The maximum Gasteiger partial charge on any atom is 0.271 e. The number of hydrogen-bond acceptors (Lipinski definition) is 8. The van der Waals surface area contributed by atoms with Gasteiger partial charge in [0.05, 0.1) is 16.8 Å². The second kappa shape index (κ2) is 6.14. The number of nitrogens with two attached hydrogens (primary N) is 1. The van der Waals surface area contributed by atoms with Crippen molar-refractivity contribution in [3.8, 4) is 0 Å². The third-order valence-corrected chi connectivity index (χ3v) is 3.24. The van der Waals surface area contributed by atoms with Crippen molar-refractivity contribution in [1.82, 2.24) is 9.97 Å². The van der Waals surface area contributed by atoms with E-state index in [1.165, 1.54) is 12.3 Å². The molecule has 1 saturated carbocycles. The van der Waals surface area contributed by atoms with Gasteiger partial charge in [0, 0.05) is 5.71 Å². The van der Waals surface area contributed by atoms with E-state index in [-0.39, 0.29) is 17.2 Å². The number of aromatic nitrogens is 2. The lowest BCUT2D eigenvalue weighted by atomic mass is 10.3. The van der Waals surface area contributed by atoms with Gasteiger partial charge >= 0.3 is 0 Å². The molecule has 1 aromatic heterocycles. The number of amides is 1. The van der Waals surface area contributed by atoms with Crippen molar-refractivity contribution in [2.75, 3.05) is 10.6 Å². The van der Waals surface area contributed by atoms with Gasteiger partial charge in [0.2, 0.25) is 0 Å². The van der Waals surface area contributed by atoms with E-state index in [1.807, 2.05) is 0 Å². The highest BCUT2D eigenvalue weighted by Gasteiger charge is 2.43. The summed E-state index contributed by atoms with van der Waals surface area (Å²) >= 11 is 4.16. The van der Waals surface area contributed by atoms with Crippen LogP contribution in [0.4, 0.5) is 11.6 Å². The quantitative estimate of drug-likeness (QED) is 0.288. The summed E-state index contributed by atoms with van der Waals surface area (Å²) in [7, 11) is 0. The molecule has 2 rings (SSSR count). The molecule has 8 nitrogen and oxygen atoms in total. The average Bonchev–Trinajstić information content (AvgIpc) is 3.18. The van der Waals surface area contributed by atoms with E-state index in [1.54, 1.807) is 6.92 Å². The highest BCUT2D eigenvalue weighted by Crippen LogP contribution is 2.36. The number of nitrogens with one attached hydrogen (secondary N) is 3. The molecule has 0 spiro atoms. The zero-order valence-corrected chi connectivity index (χ0v) is 12.8. The number of thiol groups is 1. The molecule has 0 radical (unpaired) electrons. The van der Waals surface area contributed by atoms with Crippen molar-refractivity contribution in [3.05, 3.63) is 23.0 Å². The van der Waals surface area contributed by atoms with Gasteiger partial charge in [-0.25, -0.2) is 9.97 Å². The number of allylic oxidation sites excluding steroid dienone is 1. The van der Waals surface area contributed by atoms with Crippen LogP contribution in [0.25, 0.3) is 0 Å². The largest absolute Gasteiger partial charge is 0.364 e. The zero-order valence-electron chi connectivity index (χ0n) is 11.9. The maximum atomic E-state index is 11.4. The Morgan fingerprint density at radius 1 is 1.55 bits per heavy atom. The summed E-state index contributed by atoms with van der Waals surface area (Å²) < 4.78 is 0. The van der Waals surface area contributed by atoms with Gasteiger partial charge in [-0.3, -0.25) is 4.79 Å². The molecular weight excluding hydrogens is 304 g/mol.